The number of carbonyl (C=O) groups excluding carboxylic acids is 1. The summed E-state index contributed by atoms with van der Waals surface area (Å²) in [6.45, 7) is 0. The molecule has 0 amide bonds. The smallest absolute Gasteiger partial charge is 0.500 e. The Labute approximate surface area is 111 Å². The van der Waals surface area contributed by atoms with Crippen LogP contribution >= 0.6 is 10.5 Å². The first-order valence-electron chi connectivity index (χ1n) is 3.96. The zero-order chi connectivity index (χ0) is 10.1. The van der Waals surface area contributed by atoms with Crippen molar-refractivity contribution in [1.29, 1.82) is 0 Å². The second-order valence-electron chi connectivity index (χ2n) is 2.77. The number of carboxylic acid groups (broad SMARTS) is 1. The number of benzene rings is 1. The van der Waals surface area contributed by atoms with Crippen molar-refractivity contribution >= 4 is 26.5 Å². The number of fused-ring (bicyclic) bond motifs is 1. The van der Waals surface area contributed by atoms with E-state index in [9.17, 15) is 14.7 Å². The number of carbonyl (C=O) groups is 1. The minimum atomic E-state index is -1.42. The largest absolute Gasteiger partial charge is 1.00 e. The van der Waals surface area contributed by atoms with Crippen molar-refractivity contribution in [2.45, 2.75) is 0 Å². The van der Waals surface area contributed by atoms with Crippen LogP contribution in [0.15, 0.2) is 40.5 Å². The van der Waals surface area contributed by atoms with Crippen molar-refractivity contribution in [3.8, 4) is 0 Å². The molecule has 0 N–H and O–H groups in total. The second kappa shape index (κ2) is 4.90. The number of hydrogen-bond acceptors (Lipinski definition) is 3. The van der Waals surface area contributed by atoms with Gasteiger partial charge in [0, 0.05) is 0 Å². The molecule has 15 heavy (non-hydrogen) atoms. The van der Waals surface area contributed by atoms with E-state index in [2.05, 4.69) is 0 Å². The summed E-state index contributed by atoms with van der Waals surface area (Å²) in [7, 11) is -1.42. The van der Waals surface area contributed by atoms with Gasteiger partial charge in [-0.15, -0.1) is 0 Å². The predicted molar refractivity (Wildman–Crippen MR) is 53.5 cm³/mol. The predicted octanol–water partition coefficient (Wildman–Crippen LogP) is -1.86. The summed E-state index contributed by atoms with van der Waals surface area (Å²) in [6, 6.07) is 8.57. The standard InChI is InChI=1S/C10H6O3S.Na/c11-9-8-4-2-1-3-7(8)5-6-14(9)10(12)13;/h1-6H;/q;+1. The summed E-state index contributed by atoms with van der Waals surface area (Å²) in [5.74, 6) is 0. The molecule has 2 rings (SSSR count). The van der Waals surface area contributed by atoms with Gasteiger partial charge in [0.1, 0.15) is 5.38 Å². The van der Waals surface area contributed by atoms with Crippen LogP contribution in [0.2, 0.25) is 0 Å². The molecule has 0 aliphatic rings. The van der Waals surface area contributed by atoms with Crippen molar-refractivity contribution in [3.63, 3.8) is 0 Å². The molecule has 0 saturated carbocycles. The first-order valence-corrected chi connectivity index (χ1v) is 5.24. The van der Waals surface area contributed by atoms with Crippen molar-refractivity contribution in [2.24, 2.45) is 0 Å². The van der Waals surface area contributed by atoms with Crippen LogP contribution in [0.25, 0.3) is 10.8 Å². The third-order valence-electron chi connectivity index (χ3n) is 1.94. The molecule has 0 spiro atoms. The molecular weight excluding hydrogens is 223 g/mol. The van der Waals surface area contributed by atoms with E-state index in [1.54, 1.807) is 30.3 Å². The van der Waals surface area contributed by atoms with Gasteiger partial charge >= 0.3 is 39.6 Å². The van der Waals surface area contributed by atoms with Gasteiger partial charge in [0.05, 0.1) is 15.9 Å². The molecular formula is C10H6NaO3S+. The van der Waals surface area contributed by atoms with Gasteiger partial charge in [-0.3, -0.25) is 0 Å². The summed E-state index contributed by atoms with van der Waals surface area (Å²) in [5.41, 5.74) is 0. The maximum atomic E-state index is 11.6. The first-order chi connectivity index (χ1) is 6.70. The van der Waals surface area contributed by atoms with Crippen LogP contribution in [0, 0.1) is 0 Å². The maximum Gasteiger partial charge on any atom is 1.00 e. The molecule has 5 heteroatoms. The van der Waals surface area contributed by atoms with E-state index >= 15 is 0 Å². The van der Waals surface area contributed by atoms with E-state index < -0.39 is 15.8 Å². The van der Waals surface area contributed by atoms with Gasteiger partial charge in [-0.1, -0.05) is 18.2 Å². The maximum absolute atomic E-state index is 11.6. The summed E-state index contributed by atoms with van der Waals surface area (Å²) < 4.78 is -0.372. The molecule has 1 heterocycles. The van der Waals surface area contributed by atoms with Crippen LogP contribution in [0.4, 0.5) is 4.79 Å². The Bertz CT molecular complexity index is 562. The monoisotopic (exact) mass is 229 g/mol. The van der Waals surface area contributed by atoms with Crippen molar-refractivity contribution in [1.82, 2.24) is 0 Å². The average Bonchev–Trinajstić information content (AvgIpc) is 2.18. The second-order valence-corrected chi connectivity index (χ2v) is 4.42. The molecule has 0 aliphatic heterocycles. The van der Waals surface area contributed by atoms with Crippen molar-refractivity contribution in [2.75, 3.05) is 0 Å². The van der Waals surface area contributed by atoms with E-state index in [1.807, 2.05) is 0 Å². The molecule has 0 saturated heterocycles. The number of hydrogen-bond donors (Lipinski definition) is 0. The molecule has 1 aromatic heterocycles. The van der Waals surface area contributed by atoms with Crippen LogP contribution in [0.3, 0.4) is 0 Å². The van der Waals surface area contributed by atoms with Crippen LogP contribution in [-0.4, -0.2) is 5.30 Å². The summed E-state index contributed by atoms with van der Waals surface area (Å²) in [5, 5.41) is 11.9. The zero-order valence-corrected chi connectivity index (χ0v) is 10.9. The average molecular weight is 229 g/mol. The van der Waals surface area contributed by atoms with Crippen molar-refractivity contribution in [3.05, 3.63) is 45.2 Å². The Kier molecular flexibility index (Phi) is 4.04. The van der Waals surface area contributed by atoms with Crippen LogP contribution in [0.5, 0.6) is 0 Å². The molecule has 1 atom stereocenters. The Morgan fingerprint density at radius 3 is 2.53 bits per heavy atom. The van der Waals surface area contributed by atoms with E-state index in [1.165, 1.54) is 5.38 Å². The van der Waals surface area contributed by atoms with Crippen LogP contribution < -0.4 is 39.4 Å². The summed E-state index contributed by atoms with van der Waals surface area (Å²) in [4.78, 5) is 22.2. The summed E-state index contributed by atoms with van der Waals surface area (Å²) in [6.07, 6.45) is 0. The van der Waals surface area contributed by atoms with Gasteiger partial charge < -0.3 is 9.90 Å². The molecule has 0 aliphatic carbocycles. The molecule has 0 bridgehead atoms. The Morgan fingerprint density at radius 2 is 1.87 bits per heavy atom. The van der Waals surface area contributed by atoms with Gasteiger partial charge in [-0.2, -0.15) is 0 Å². The Morgan fingerprint density at radius 1 is 1.20 bits per heavy atom. The fraction of sp³-hybridized carbons (Fsp3) is 0. The fourth-order valence-electron chi connectivity index (χ4n) is 1.28. The van der Waals surface area contributed by atoms with Gasteiger partial charge in [-0.05, 0) is 17.5 Å². The van der Waals surface area contributed by atoms with Gasteiger partial charge in [0.15, 0.2) is 0 Å². The number of rotatable bonds is 1. The molecule has 2 aromatic rings. The SMILES string of the molecule is O=C([O-])[s+]1ccc2ccccc2c1=O.[Na+]. The summed E-state index contributed by atoms with van der Waals surface area (Å²) >= 11 is 0. The molecule has 0 fully saturated rings. The minimum Gasteiger partial charge on any atom is -0.500 e. The Balaban J connectivity index is 0.00000112. The van der Waals surface area contributed by atoms with Crippen LogP contribution in [-0.2, 0) is 0 Å². The van der Waals surface area contributed by atoms with Crippen LogP contribution in [0.1, 0.15) is 0 Å². The molecule has 70 valence electrons. The quantitative estimate of drug-likeness (QED) is 0.426. The zero-order valence-electron chi connectivity index (χ0n) is 8.10. The molecule has 0 radical (unpaired) electrons. The van der Waals surface area contributed by atoms with E-state index in [-0.39, 0.29) is 34.3 Å². The van der Waals surface area contributed by atoms with E-state index in [4.69, 9.17) is 0 Å². The normalized spacial score (nSPS) is 10.8. The van der Waals surface area contributed by atoms with Gasteiger partial charge in [-0.25, -0.2) is 4.79 Å². The van der Waals surface area contributed by atoms with Gasteiger partial charge in [0.25, 0.3) is 0 Å². The van der Waals surface area contributed by atoms with E-state index in [0.717, 1.165) is 5.39 Å². The topological polar surface area (TPSA) is 57.2 Å². The Hall–Kier alpha value is -0.680. The molecule has 3 nitrogen and oxygen atoms in total. The third-order valence-corrected chi connectivity index (χ3v) is 3.33. The van der Waals surface area contributed by atoms with Crippen molar-refractivity contribution < 1.29 is 39.5 Å². The minimum absolute atomic E-state index is 0. The third kappa shape index (κ3) is 2.29. The first kappa shape index (κ1) is 12.4. The molecule has 1 aromatic carbocycles. The fourth-order valence-corrected chi connectivity index (χ4v) is 2.37. The van der Waals surface area contributed by atoms with Gasteiger partial charge in [0.2, 0.25) is 0 Å². The molecule has 1 unspecified atom stereocenters. The van der Waals surface area contributed by atoms with E-state index in [0.29, 0.717) is 5.39 Å².